The normalized spacial score (nSPS) is 11.8. The molecule has 0 saturated heterocycles. The zero-order valence-corrected chi connectivity index (χ0v) is 10.2. The van der Waals surface area contributed by atoms with Gasteiger partial charge in [0.2, 0.25) is 0 Å². The van der Waals surface area contributed by atoms with E-state index in [0.29, 0.717) is 0 Å². The van der Waals surface area contributed by atoms with Crippen molar-refractivity contribution in [1.82, 2.24) is 4.98 Å². The van der Waals surface area contributed by atoms with Gasteiger partial charge in [0.05, 0.1) is 18.7 Å². The van der Waals surface area contributed by atoms with Gasteiger partial charge >= 0.3 is 12.1 Å². The van der Waals surface area contributed by atoms with E-state index in [-0.39, 0.29) is 12.7 Å². The lowest BCUT2D eigenvalue weighted by molar-refractivity contribution is -0.143. The number of rotatable bonds is 4. The maximum absolute atomic E-state index is 12.7. The molecule has 4 nitrogen and oxygen atoms in total. The first-order chi connectivity index (χ1) is 9.16. The lowest BCUT2D eigenvalue weighted by Gasteiger charge is -2.12. The van der Waals surface area contributed by atoms with Crippen molar-refractivity contribution in [2.45, 2.75) is 25.9 Å². The molecule has 1 heterocycles. The molecule has 0 radical (unpaired) electrons. The Balaban J connectivity index is 3.31. The van der Waals surface area contributed by atoms with Crippen LogP contribution < -0.4 is 5.56 Å². The highest BCUT2D eigenvalue weighted by molar-refractivity contribution is 5.73. The van der Waals surface area contributed by atoms with Gasteiger partial charge < -0.3 is 9.72 Å². The van der Waals surface area contributed by atoms with Crippen molar-refractivity contribution in [2.24, 2.45) is 0 Å². The second-order valence-electron chi connectivity index (χ2n) is 3.73. The molecule has 0 bridgehead atoms. The molecular weight excluding hydrogens is 289 g/mol. The molecule has 0 aromatic carbocycles. The molecule has 0 amide bonds. The van der Waals surface area contributed by atoms with E-state index in [9.17, 15) is 31.5 Å². The van der Waals surface area contributed by atoms with E-state index in [4.69, 9.17) is 0 Å². The SMILES string of the molecule is CCOC(=O)Cc1cc(C(F)(F)F)c(=O)[nH]c1C(F)F. The molecule has 0 aliphatic heterocycles. The molecule has 9 heteroatoms. The number of hydrogen-bond acceptors (Lipinski definition) is 3. The minimum absolute atomic E-state index is 0.0433. The maximum atomic E-state index is 12.7. The summed E-state index contributed by atoms with van der Waals surface area (Å²) in [6, 6.07) is 0.247. The molecule has 1 rings (SSSR count). The Morgan fingerprint density at radius 1 is 1.40 bits per heavy atom. The fraction of sp³-hybridized carbons (Fsp3) is 0.455. The number of carbonyl (C=O) groups is 1. The van der Waals surface area contributed by atoms with Crippen molar-refractivity contribution >= 4 is 5.97 Å². The van der Waals surface area contributed by atoms with Crippen LogP contribution in [0.25, 0.3) is 0 Å². The lowest BCUT2D eigenvalue weighted by Crippen LogP contribution is -2.25. The summed E-state index contributed by atoms with van der Waals surface area (Å²) in [7, 11) is 0. The predicted molar refractivity (Wildman–Crippen MR) is 57.4 cm³/mol. The van der Waals surface area contributed by atoms with Crippen LogP contribution in [0.15, 0.2) is 10.9 Å². The van der Waals surface area contributed by atoms with E-state index in [2.05, 4.69) is 4.74 Å². The van der Waals surface area contributed by atoms with Crippen LogP contribution in [0.3, 0.4) is 0 Å². The molecule has 0 spiro atoms. The van der Waals surface area contributed by atoms with Crippen molar-refractivity contribution in [1.29, 1.82) is 0 Å². The zero-order valence-electron chi connectivity index (χ0n) is 10.2. The van der Waals surface area contributed by atoms with Crippen molar-refractivity contribution in [3.8, 4) is 0 Å². The number of aromatic amines is 1. The van der Waals surface area contributed by atoms with E-state index >= 15 is 0 Å². The van der Waals surface area contributed by atoms with Crippen molar-refractivity contribution in [3.05, 3.63) is 33.2 Å². The summed E-state index contributed by atoms with van der Waals surface area (Å²) in [5.41, 5.74) is -4.96. The number of ether oxygens (including phenoxy) is 1. The second kappa shape index (κ2) is 6.02. The number of pyridine rings is 1. The first-order valence-electron chi connectivity index (χ1n) is 5.43. The van der Waals surface area contributed by atoms with Crippen LogP contribution in [0.4, 0.5) is 22.0 Å². The van der Waals surface area contributed by atoms with Gasteiger partial charge in [0.1, 0.15) is 5.56 Å². The highest BCUT2D eigenvalue weighted by Gasteiger charge is 2.35. The number of esters is 1. The Morgan fingerprint density at radius 3 is 2.45 bits per heavy atom. The van der Waals surface area contributed by atoms with E-state index in [1.165, 1.54) is 11.9 Å². The van der Waals surface area contributed by atoms with E-state index in [1.54, 1.807) is 0 Å². The fourth-order valence-electron chi connectivity index (χ4n) is 1.51. The van der Waals surface area contributed by atoms with Crippen LogP contribution in [0, 0.1) is 0 Å². The molecule has 112 valence electrons. The summed E-state index contributed by atoms with van der Waals surface area (Å²) in [5.74, 6) is -0.963. The van der Waals surface area contributed by atoms with Crippen LogP contribution >= 0.6 is 0 Å². The number of hydrogen-bond donors (Lipinski definition) is 1. The monoisotopic (exact) mass is 299 g/mol. The summed E-state index contributed by atoms with van der Waals surface area (Å²) in [6.45, 7) is 1.41. The molecule has 1 aromatic heterocycles. The van der Waals surface area contributed by atoms with Gasteiger partial charge in [0.25, 0.3) is 12.0 Å². The Kier molecular flexibility index (Phi) is 4.85. The maximum Gasteiger partial charge on any atom is 0.421 e. The van der Waals surface area contributed by atoms with Gasteiger partial charge in [-0.05, 0) is 18.6 Å². The quantitative estimate of drug-likeness (QED) is 0.686. The largest absolute Gasteiger partial charge is 0.466 e. The predicted octanol–water partition coefficient (Wildman–Crippen LogP) is 2.44. The minimum atomic E-state index is -5.00. The van der Waals surface area contributed by atoms with Gasteiger partial charge in [-0.15, -0.1) is 0 Å². The number of nitrogens with one attached hydrogen (secondary N) is 1. The van der Waals surface area contributed by atoms with E-state index in [1.807, 2.05) is 0 Å². The summed E-state index contributed by atoms with van der Waals surface area (Å²) >= 11 is 0. The van der Waals surface area contributed by atoms with Crippen LogP contribution in [0.2, 0.25) is 0 Å². The van der Waals surface area contributed by atoms with Gasteiger partial charge in [-0.3, -0.25) is 9.59 Å². The third-order valence-electron chi connectivity index (χ3n) is 2.32. The van der Waals surface area contributed by atoms with Gasteiger partial charge in [-0.25, -0.2) is 8.78 Å². The minimum Gasteiger partial charge on any atom is -0.466 e. The first kappa shape index (κ1) is 16.1. The first-order valence-corrected chi connectivity index (χ1v) is 5.43. The smallest absolute Gasteiger partial charge is 0.421 e. The number of aromatic nitrogens is 1. The molecule has 0 fully saturated rings. The van der Waals surface area contributed by atoms with Gasteiger partial charge in [0.15, 0.2) is 0 Å². The molecular formula is C11H10F5NO3. The van der Waals surface area contributed by atoms with Crippen LogP contribution in [0.1, 0.15) is 30.2 Å². The molecule has 0 aliphatic rings. The number of carbonyl (C=O) groups excluding carboxylic acids is 1. The summed E-state index contributed by atoms with van der Waals surface area (Å²) in [6.07, 6.45) is -9.00. The number of H-pyrrole nitrogens is 1. The number of halogens is 5. The highest BCUT2D eigenvalue weighted by Crippen LogP contribution is 2.29. The lowest BCUT2D eigenvalue weighted by atomic mass is 10.1. The molecule has 0 atom stereocenters. The van der Waals surface area contributed by atoms with Crippen LogP contribution in [0.5, 0.6) is 0 Å². The average molecular weight is 299 g/mol. The highest BCUT2D eigenvalue weighted by atomic mass is 19.4. The molecule has 1 N–H and O–H groups in total. The Morgan fingerprint density at radius 2 is 2.00 bits per heavy atom. The standard InChI is InChI=1S/C11H10F5NO3/c1-2-20-7(18)4-5-3-6(11(14,15)16)10(19)17-8(5)9(12)13/h3,9H,2,4H2,1H3,(H,17,19). The van der Waals surface area contributed by atoms with E-state index < -0.39 is 47.4 Å². The molecule has 0 unspecified atom stereocenters. The third kappa shape index (κ3) is 3.78. The molecule has 0 aliphatic carbocycles. The van der Waals surface area contributed by atoms with Crippen LogP contribution in [-0.2, 0) is 22.1 Å². The summed E-state index contributed by atoms with van der Waals surface area (Å²) in [4.78, 5) is 23.8. The second-order valence-corrected chi connectivity index (χ2v) is 3.73. The van der Waals surface area contributed by atoms with E-state index in [0.717, 1.165) is 0 Å². The summed E-state index contributed by atoms with van der Waals surface area (Å²) in [5, 5.41) is 0. The van der Waals surface area contributed by atoms with Gasteiger partial charge in [0, 0.05) is 0 Å². The molecule has 20 heavy (non-hydrogen) atoms. The summed E-state index contributed by atoms with van der Waals surface area (Å²) < 4.78 is 67.4. The molecule has 1 aromatic rings. The van der Waals surface area contributed by atoms with Crippen LogP contribution in [-0.4, -0.2) is 17.6 Å². The Hall–Kier alpha value is -1.93. The molecule has 0 saturated carbocycles. The van der Waals surface area contributed by atoms with Gasteiger partial charge in [-0.1, -0.05) is 0 Å². The Bertz CT molecular complexity index is 550. The number of alkyl halides is 5. The fourth-order valence-corrected chi connectivity index (χ4v) is 1.51. The van der Waals surface area contributed by atoms with Crippen molar-refractivity contribution in [3.63, 3.8) is 0 Å². The van der Waals surface area contributed by atoms with Gasteiger partial charge in [-0.2, -0.15) is 13.2 Å². The van der Waals surface area contributed by atoms with Crippen molar-refractivity contribution < 1.29 is 31.5 Å². The topological polar surface area (TPSA) is 59.2 Å². The average Bonchev–Trinajstić information content (AvgIpc) is 2.29. The van der Waals surface area contributed by atoms with Crippen molar-refractivity contribution in [2.75, 3.05) is 6.61 Å². The zero-order chi connectivity index (χ0) is 15.5. The Labute approximate surface area is 109 Å². The third-order valence-corrected chi connectivity index (χ3v) is 2.32.